The zero-order valence-electron chi connectivity index (χ0n) is 24.8. The smallest absolute Gasteiger partial charge is 0.409 e. The highest BCUT2D eigenvalue weighted by Crippen LogP contribution is 2.47. The van der Waals surface area contributed by atoms with E-state index < -0.39 is 35.4 Å². The molecule has 3 aromatic rings. The molecule has 1 aliphatic heterocycles. The summed E-state index contributed by atoms with van der Waals surface area (Å²) < 4.78 is 11.2. The van der Waals surface area contributed by atoms with Gasteiger partial charge in [0.15, 0.2) is 0 Å². The Labute approximate surface area is 248 Å². The highest BCUT2D eigenvalue weighted by molar-refractivity contribution is 5.89. The minimum absolute atomic E-state index is 0.0455. The third kappa shape index (κ3) is 7.69. The average molecular weight is 572 g/mol. The maximum atomic E-state index is 14.1. The first-order valence-electron chi connectivity index (χ1n) is 14.5. The number of rotatable bonds is 11. The second-order valence-corrected chi connectivity index (χ2v) is 11.7. The first-order valence-corrected chi connectivity index (χ1v) is 14.5. The fourth-order valence-electron chi connectivity index (χ4n) is 5.36. The van der Waals surface area contributed by atoms with E-state index in [4.69, 9.17) is 9.47 Å². The molecule has 1 heterocycles. The Kier molecular flexibility index (Phi) is 9.88. The van der Waals surface area contributed by atoms with E-state index in [-0.39, 0.29) is 12.5 Å². The maximum Gasteiger partial charge on any atom is 0.409 e. The van der Waals surface area contributed by atoms with Gasteiger partial charge in [0.2, 0.25) is 5.91 Å². The molecule has 0 radical (unpaired) electrons. The van der Waals surface area contributed by atoms with Crippen molar-refractivity contribution in [2.75, 3.05) is 0 Å². The molecule has 1 fully saturated rings. The molecule has 222 valence electrons. The van der Waals surface area contributed by atoms with E-state index >= 15 is 0 Å². The molecule has 0 aliphatic carbocycles. The number of ether oxygens (including phenoxy) is 2. The maximum absolute atomic E-state index is 14.1. The van der Waals surface area contributed by atoms with Crippen LogP contribution >= 0.6 is 0 Å². The summed E-state index contributed by atoms with van der Waals surface area (Å²) in [5.41, 5.74) is 0.472. The van der Waals surface area contributed by atoms with Crippen LogP contribution in [0.25, 0.3) is 0 Å². The first-order chi connectivity index (χ1) is 20.1. The molecule has 8 nitrogen and oxygen atoms in total. The number of β-lactam (4-membered cyclic amide) rings is 1. The van der Waals surface area contributed by atoms with Gasteiger partial charge in [-0.15, -0.1) is 0 Å². The summed E-state index contributed by atoms with van der Waals surface area (Å²) >= 11 is 0. The predicted octanol–water partition coefficient (Wildman–Crippen LogP) is 6.72. The lowest BCUT2D eigenvalue weighted by molar-refractivity contribution is -0.167. The van der Waals surface area contributed by atoms with Crippen molar-refractivity contribution in [3.05, 3.63) is 108 Å². The van der Waals surface area contributed by atoms with Gasteiger partial charge in [0.05, 0.1) is 6.04 Å². The molecule has 0 spiro atoms. The van der Waals surface area contributed by atoms with Crippen LogP contribution in [0, 0.1) is 5.92 Å². The van der Waals surface area contributed by atoms with Crippen LogP contribution in [0.5, 0.6) is 0 Å². The third-order valence-electron chi connectivity index (χ3n) is 7.25. The molecule has 4 rings (SSSR count). The van der Waals surface area contributed by atoms with Gasteiger partial charge in [-0.25, -0.2) is 9.59 Å². The van der Waals surface area contributed by atoms with Gasteiger partial charge < -0.3 is 14.4 Å². The number of nitrogens with zero attached hydrogens (tertiary/aromatic N) is 1. The molecule has 0 bridgehead atoms. The summed E-state index contributed by atoms with van der Waals surface area (Å²) in [6, 6.07) is 28.4. The van der Waals surface area contributed by atoms with Crippen molar-refractivity contribution in [3.63, 3.8) is 0 Å². The van der Waals surface area contributed by atoms with Crippen LogP contribution in [-0.4, -0.2) is 34.3 Å². The van der Waals surface area contributed by atoms with Crippen molar-refractivity contribution in [2.45, 2.75) is 77.4 Å². The number of hydrogen-bond donors (Lipinski definition) is 2. The van der Waals surface area contributed by atoms with Crippen molar-refractivity contribution in [2.24, 2.45) is 5.92 Å². The van der Waals surface area contributed by atoms with E-state index in [0.717, 1.165) is 23.1 Å². The molecule has 1 saturated heterocycles. The number of amides is 3. The Hall–Kier alpha value is -4.33. The lowest BCUT2D eigenvalue weighted by Crippen LogP contribution is -2.74. The number of alkyl carbamates (subject to hydrolysis) is 2. The van der Waals surface area contributed by atoms with Crippen molar-refractivity contribution in [1.29, 1.82) is 0 Å². The van der Waals surface area contributed by atoms with Gasteiger partial charge in [-0.1, -0.05) is 104 Å². The van der Waals surface area contributed by atoms with Crippen molar-refractivity contribution in [1.82, 2.24) is 15.5 Å². The monoisotopic (exact) mass is 571 g/mol. The Bertz CT molecular complexity index is 1330. The molecular formula is C34H41N3O5. The number of hydrogen-bond acceptors (Lipinski definition) is 5. The third-order valence-corrected chi connectivity index (χ3v) is 7.25. The lowest BCUT2D eigenvalue weighted by Gasteiger charge is -2.55. The van der Waals surface area contributed by atoms with Crippen LogP contribution in [0.1, 0.15) is 69.7 Å². The minimum Gasteiger partial charge on any atom is -0.445 e. The highest BCUT2D eigenvalue weighted by atomic mass is 16.6. The number of likely N-dealkylation sites (tertiary alicyclic amines) is 1. The summed E-state index contributed by atoms with van der Waals surface area (Å²) in [4.78, 5) is 42.6. The fraction of sp³-hybridized carbons (Fsp3) is 0.382. The van der Waals surface area contributed by atoms with Gasteiger partial charge in [-0.05, 0) is 50.3 Å². The quantitative estimate of drug-likeness (QED) is 0.197. The summed E-state index contributed by atoms with van der Waals surface area (Å²) in [6.07, 6.45) is 0.277. The molecule has 3 amide bonds. The summed E-state index contributed by atoms with van der Waals surface area (Å²) in [5.74, 6) is -0.977. The normalized spacial score (nSPS) is 17.9. The number of carbonyl (C=O) groups excluding carboxylic acids is 3. The molecule has 42 heavy (non-hydrogen) atoms. The van der Waals surface area contributed by atoms with Gasteiger partial charge in [0.25, 0.3) is 0 Å². The molecular weight excluding hydrogens is 530 g/mol. The van der Waals surface area contributed by atoms with Crippen molar-refractivity contribution in [3.8, 4) is 0 Å². The van der Waals surface area contributed by atoms with E-state index in [1.807, 2.05) is 97.9 Å². The van der Waals surface area contributed by atoms with Crippen molar-refractivity contribution >= 4 is 18.1 Å². The average Bonchev–Trinajstić information content (AvgIpc) is 2.96. The van der Waals surface area contributed by atoms with E-state index in [9.17, 15) is 14.4 Å². The summed E-state index contributed by atoms with van der Waals surface area (Å²) in [6.45, 7) is 7.76. The molecule has 0 saturated carbocycles. The van der Waals surface area contributed by atoms with E-state index in [2.05, 4.69) is 10.6 Å². The largest absolute Gasteiger partial charge is 0.445 e. The van der Waals surface area contributed by atoms with Crippen LogP contribution in [0.15, 0.2) is 91.0 Å². The summed E-state index contributed by atoms with van der Waals surface area (Å²) in [5, 5.41) is 5.90. The number of carbonyl (C=O) groups is 3. The topological polar surface area (TPSA) is 97.0 Å². The number of unbranched alkanes of at least 4 members (excludes halogenated alkanes) is 1. The Morgan fingerprint density at radius 3 is 1.93 bits per heavy atom. The SMILES string of the molecule is CCCC[C@](NC(=O)OCc1ccccc1)(NC(=O)OC(C)(C)C)[C@@H]1C(=O)N(Cc2ccccc2)[C@H]1c1ccccc1. The lowest BCUT2D eigenvalue weighted by atomic mass is 9.71. The van der Waals surface area contributed by atoms with Gasteiger partial charge >= 0.3 is 12.2 Å². The van der Waals surface area contributed by atoms with Gasteiger partial charge in [0, 0.05) is 6.54 Å². The van der Waals surface area contributed by atoms with Crippen LogP contribution in [0.4, 0.5) is 9.59 Å². The molecule has 0 aromatic heterocycles. The van der Waals surface area contributed by atoms with Crippen LogP contribution < -0.4 is 10.6 Å². The van der Waals surface area contributed by atoms with Gasteiger partial charge in [0.1, 0.15) is 23.8 Å². The molecule has 1 aliphatic rings. The van der Waals surface area contributed by atoms with Crippen LogP contribution in [0.3, 0.4) is 0 Å². The van der Waals surface area contributed by atoms with Crippen molar-refractivity contribution < 1.29 is 23.9 Å². The van der Waals surface area contributed by atoms with E-state index in [1.54, 1.807) is 25.7 Å². The molecule has 8 heteroatoms. The molecule has 3 atom stereocenters. The zero-order chi connectivity index (χ0) is 30.2. The fourth-order valence-corrected chi connectivity index (χ4v) is 5.36. The number of nitrogens with one attached hydrogen (secondary N) is 2. The second-order valence-electron chi connectivity index (χ2n) is 11.7. The van der Waals surface area contributed by atoms with E-state index in [0.29, 0.717) is 19.4 Å². The predicted molar refractivity (Wildman–Crippen MR) is 161 cm³/mol. The Morgan fingerprint density at radius 1 is 0.810 bits per heavy atom. The molecule has 3 aromatic carbocycles. The summed E-state index contributed by atoms with van der Waals surface area (Å²) in [7, 11) is 0. The molecule has 0 unspecified atom stereocenters. The van der Waals surface area contributed by atoms with Crippen LogP contribution in [-0.2, 0) is 27.4 Å². The zero-order valence-corrected chi connectivity index (χ0v) is 24.8. The van der Waals surface area contributed by atoms with Gasteiger partial charge in [-0.2, -0.15) is 0 Å². The van der Waals surface area contributed by atoms with E-state index in [1.165, 1.54) is 0 Å². The van der Waals surface area contributed by atoms with Gasteiger partial charge in [-0.3, -0.25) is 15.4 Å². The first kappa shape index (κ1) is 30.6. The highest BCUT2D eigenvalue weighted by Gasteiger charge is 2.60. The minimum atomic E-state index is -1.46. The standard InChI is InChI=1S/C34H41N3O5/c1-5-6-22-34(36-32(40)42-33(2,3)4,35-31(39)41-24-26-18-12-8-13-19-26)28-29(27-20-14-9-15-21-27)37(30(28)38)23-25-16-10-7-11-17-25/h7-21,28-29H,5-6,22-24H2,1-4H3,(H,35,39)(H,36,40)/t28-,29-,34-/m0/s1. The van der Waals surface area contributed by atoms with Crippen LogP contribution in [0.2, 0.25) is 0 Å². The Morgan fingerprint density at radius 2 is 1.36 bits per heavy atom. The Balaban J connectivity index is 1.71. The number of benzene rings is 3. The second kappa shape index (κ2) is 13.6. The molecule has 2 N–H and O–H groups in total.